The number of carbonyl (C=O) groups is 1. The summed E-state index contributed by atoms with van der Waals surface area (Å²) in [5.74, 6) is 1.91. The van der Waals surface area contributed by atoms with Crippen LogP contribution in [0.5, 0.6) is 0 Å². The van der Waals surface area contributed by atoms with Gasteiger partial charge in [-0.05, 0) is 31.6 Å². The molecule has 0 saturated carbocycles. The molecule has 1 atom stereocenters. The number of amides is 1. The summed E-state index contributed by atoms with van der Waals surface area (Å²) in [4.78, 5) is 23.0. The zero-order chi connectivity index (χ0) is 18.1. The molecule has 0 radical (unpaired) electrons. The third kappa shape index (κ3) is 3.51. The van der Waals surface area contributed by atoms with E-state index in [0.717, 1.165) is 44.5 Å². The molecule has 0 N–H and O–H groups in total. The fraction of sp³-hybridized carbons (Fsp3) is 0.667. The van der Waals surface area contributed by atoms with Crippen molar-refractivity contribution in [2.45, 2.75) is 44.6 Å². The molecule has 2 aromatic heterocycles. The highest BCUT2D eigenvalue weighted by molar-refractivity contribution is 5.92. The molecular weight excluding hydrogens is 334 g/mol. The Kier molecular flexibility index (Phi) is 4.52. The van der Waals surface area contributed by atoms with Crippen molar-refractivity contribution in [3.63, 3.8) is 0 Å². The molecule has 2 aliphatic rings. The fourth-order valence-electron chi connectivity index (χ4n) is 4.14. The Labute approximate surface area is 152 Å². The minimum absolute atomic E-state index is 0.00933. The molecule has 2 aliphatic heterocycles. The molecule has 1 spiro atoms. The zero-order valence-electron chi connectivity index (χ0n) is 15.3. The Hall–Kier alpha value is -2.22. The lowest BCUT2D eigenvalue weighted by Crippen LogP contribution is -2.51. The van der Waals surface area contributed by atoms with E-state index < -0.39 is 0 Å². The van der Waals surface area contributed by atoms with Crippen LogP contribution in [0, 0.1) is 12.8 Å². The van der Waals surface area contributed by atoms with E-state index in [-0.39, 0.29) is 11.5 Å². The summed E-state index contributed by atoms with van der Waals surface area (Å²) in [7, 11) is 1.87. The smallest absolute Gasteiger partial charge is 0.274 e. The molecular formula is C18H25N5O3. The first-order valence-electron chi connectivity index (χ1n) is 9.23. The molecule has 4 heterocycles. The maximum atomic E-state index is 12.6. The highest BCUT2D eigenvalue weighted by atomic mass is 16.5. The van der Waals surface area contributed by atoms with Gasteiger partial charge in [0.15, 0.2) is 5.82 Å². The molecule has 8 heteroatoms. The Morgan fingerprint density at radius 2 is 2.19 bits per heavy atom. The minimum Gasteiger partial charge on any atom is -0.375 e. The van der Waals surface area contributed by atoms with Crippen molar-refractivity contribution in [2.24, 2.45) is 13.0 Å². The van der Waals surface area contributed by atoms with E-state index in [2.05, 4.69) is 15.1 Å². The SMILES string of the molecule is Cc1nc(CC2CCOC3(CCN(C(=O)c4cn(C)cn4)CC3)C2)no1. The predicted octanol–water partition coefficient (Wildman–Crippen LogP) is 1.76. The standard InChI is InChI=1S/C18H25N5O3/c1-13-20-16(21-26-13)9-14-3-8-25-18(10-14)4-6-23(7-5-18)17(24)15-11-22(2)12-19-15/h11-12,14H,3-10H2,1-2H3. The second kappa shape index (κ2) is 6.83. The first-order chi connectivity index (χ1) is 12.5. The molecule has 26 heavy (non-hydrogen) atoms. The number of aryl methyl sites for hydroxylation is 2. The van der Waals surface area contributed by atoms with Crippen molar-refractivity contribution in [1.82, 2.24) is 24.6 Å². The average molecular weight is 359 g/mol. The van der Waals surface area contributed by atoms with Crippen molar-refractivity contribution in [3.8, 4) is 0 Å². The number of piperidine rings is 1. The first-order valence-corrected chi connectivity index (χ1v) is 9.23. The van der Waals surface area contributed by atoms with Gasteiger partial charge in [-0.3, -0.25) is 4.79 Å². The number of likely N-dealkylation sites (tertiary alicyclic amines) is 1. The molecule has 140 valence electrons. The van der Waals surface area contributed by atoms with Gasteiger partial charge in [0.1, 0.15) is 5.69 Å². The van der Waals surface area contributed by atoms with E-state index >= 15 is 0 Å². The minimum atomic E-state index is -0.122. The Bertz CT molecular complexity index is 775. The molecule has 0 bridgehead atoms. The quantitative estimate of drug-likeness (QED) is 0.830. The van der Waals surface area contributed by atoms with Crippen LogP contribution in [0.15, 0.2) is 17.0 Å². The van der Waals surface area contributed by atoms with E-state index in [4.69, 9.17) is 9.26 Å². The van der Waals surface area contributed by atoms with Gasteiger partial charge in [-0.25, -0.2) is 4.98 Å². The van der Waals surface area contributed by atoms with Crippen molar-refractivity contribution in [1.29, 1.82) is 0 Å². The van der Waals surface area contributed by atoms with Crippen LogP contribution in [-0.4, -0.2) is 55.8 Å². The van der Waals surface area contributed by atoms with Crippen LogP contribution in [-0.2, 0) is 18.2 Å². The maximum absolute atomic E-state index is 12.6. The summed E-state index contributed by atoms with van der Waals surface area (Å²) >= 11 is 0. The van der Waals surface area contributed by atoms with Gasteiger partial charge in [0.25, 0.3) is 5.91 Å². The van der Waals surface area contributed by atoms with Gasteiger partial charge in [0.2, 0.25) is 5.89 Å². The summed E-state index contributed by atoms with van der Waals surface area (Å²) in [6.45, 7) is 4.00. The molecule has 1 amide bonds. The molecule has 2 aromatic rings. The van der Waals surface area contributed by atoms with E-state index in [1.807, 2.05) is 18.9 Å². The average Bonchev–Trinajstić information content (AvgIpc) is 3.23. The lowest BCUT2D eigenvalue weighted by atomic mass is 9.78. The van der Waals surface area contributed by atoms with E-state index in [1.54, 1.807) is 17.1 Å². The maximum Gasteiger partial charge on any atom is 0.274 e. The third-order valence-electron chi connectivity index (χ3n) is 5.52. The highest BCUT2D eigenvalue weighted by Gasteiger charge is 2.41. The summed E-state index contributed by atoms with van der Waals surface area (Å²) < 4.78 is 13.1. The van der Waals surface area contributed by atoms with Gasteiger partial charge in [-0.1, -0.05) is 5.16 Å². The van der Waals surface area contributed by atoms with Crippen LogP contribution in [0.2, 0.25) is 0 Å². The van der Waals surface area contributed by atoms with Gasteiger partial charge in [0, 0.05) is 46.3 Å². The number of aromatic nitrogens is 4. The molecule has 0 aromatic carbocycles. The van der Waals surface area contributed by atoms with Crippen LogP contribution in [0.1, 0.15) is 47.9 Å². The Morgan fingerprint density at radius 1 is 1.38 bits per heavy atom. The van der Waals surface area contributed by atoms with E-state index in [0.29, 0.717) is 30.6 Å². The largest absolute Gasteiger partial charge is 0.375 e. The number of imidazole rings is 1. The topological polar surface area (TPSA) is 86.3 Å². The summed E-state index contributed by atoms with van der Waals surface area (Å²) in [6, 6.07) is 0. The number of nitrogens with zero attached hydrogens (tertiary/aromatic N) is 5. The van der Waals surface area contributed by atoms with Crippen molar-refractivity contribution in [2.75, 3.05) is 19.7 Å². The lowest BCUT2D eigenvalue weighted by Gasteiger charge is -2.46. The number of ether oxygens (including phenoxy) is 1. The molecule has 2 saturated heterocycles. The number of hydrogen-bond acceptors (Lipinski definition) is 6. The molecule has 4 rings (SSSR count). The van der Waals surface area contributed by atoms with Crippen LogP contribution >= 0.6 is 0 Å². The van der Waals surface area contributed by atoms with Gasteiger partial charge in [-0.2, -0.15) is 4.98 Å². The first kappa shape index (κ1) is 17.2. The van der Waals surface area contributed by atoms with Crippen molar-refractivity contribution < 1.29 is 14.1 Å². The van der Waals surface area contributed by atoms with E-state index in [1.165, 1.54) is 0 Å². The normalized spacial score (nSPS) is 22.7. The number of rotatable bonds is 3. The molecule has 8 nitrogen and oxygen atoms in total. The monoisotopic (exact) mass is 359 g/mol. The number of carbonyl (C=O) groups excluding carboxylic acids is 1. The Morgan fingerprint density at radius 3 is 2.85 bits per heavy atom. The Balaban J connectivity index is 1.35. The summed E-state index contributed by atoms with van der Waals surface area (Å²) in [5, 5.41) is 4.03. The van der Waals surface area contributed by atoms with Crippen molar-refractivity contribution >= 4 is 5.91 Å². The fourth-order valence-corrected chi connectivity index (χ4v) is 4.14. The zero-order valence-corrected chi connectivity index (χ0v) is 15.3. The second-order valence-corrected chi connectivity index (χ2v) is 7.54. The lowest BCUT2D eigenvalue weighted by molar-refractivity contribution is -0.123. The van der Waals surface area contributed by atoms with Gasteiger partial charge >= 0.3 is 0 Å². The highest BCUT2D eigenvalue weighted by Crippen LogP contribution is 2.38. The molecule has 2 fully saturated rings. The predicted molar refractivity (Wildman–Crippen MR) is 92.5 cm³/mol. The van der Waals surface area contributed by atoms with Crippen molar-refractivity contribution in [3.05, 3.63) is 29.9 Å². The molecule has 0 aliphatic carbocycles. The second-order valence-electron chi connectivity index (χ2n) is 7.54. The van der Waals surface area contributed by atoms with Gasteiger partial charge in [0.05, 0.1) is 11.9 Å². The van der Waals surface area contributed by atoms with Gasteiger partial charge in [-0.15, -0.1) is 0 Å². The third-order valence-corrected chi connectivity index (χ3v) is 5.52. The van der Waals surface area contributed by atoms with Gasteiger partial charge < -0.3 is 18.7 Å². The van der Waals surface area contributed by atoms with Crippen LogP contribution in [0.25, 0.3) is 0 Å². The molecule has 1 unspecified atom stereocenters. The number of hydrogen-bond donors (Lipinski definition) is 0. The summed E-state index contributed by atoms with van der Waals surface area (Å²) in [6.07, 6.45) is 8.01. The van der Waals surface area contributed by atoms with Crippen LogP contribution in [0.3, 0.4) is 0 Å². The summed E-state index contributed by atoms with van der Waals surface area (Å²) in [5.41, 5.74) is 0.390. The van der Waals surface area contributed by atoms with Crippen LogP contribution in [0.4, 0.5) is 0 Å². The van der Waals surface area contributed by atoms with Crippen LogP contribution < -0.4 is 0 Å². The van der Waals surface area contributed by atoms with E-state index in [9.17, 15) is 4.79 Å².